The standard InChI is InChI=1S/C24H25N3O3/c1-17-15-18(2)26(25-17)14-13-24(29)30-16-23(28)27-21-9-5-3-7-19(21)11-12-20-8-4-6-10-22(20)27/h3-10,15H,11-14,16H2,1-2H3. The molecule has 0 saturated heterocycles. The number of esters is 1. The van der Waals surface area contributed by atoms with E-state index in [9.17, 15) is 9.59 Å². The quantitative estimate of drug-likeness (QED) is 0.606. The highest BCUT2D eigenvalue weighted by Gasteiger charge is 2.26. The summed E-state index contributed by atoms with van der Waals surface area (Å²) < 4.78 is 7.10. The van der Waals surface area contributed by atoms with Crippen LogP contribution in [0.5, 0.6) is 0 Å². The van der Waals surface area contributed by atoms with Crippen LogP contribution in [-0.4, -0.2) is 28.3 Å². The highest BCUT2D eigenvalue weighted by Crippen LogP contribution is 2.35. The lowest BCUT2D eigenvalue weighted by Crippen LogP contribution is -2.31. The molecule has 0 aliphatic carbocycles. The smallest absolute Gasteiger partial charge is 0.308 e. The number of amides is 1. The molecule has 6 nitrogen and oxygen atoms in total. The van der Waals surface area contributed by atoms with Gasteiger partial charge in [-0.15, -0.1) is 0 Å². The van der Waals surface area contributed by atoms with Gasteiger partial charge in [0, 0.05) is 5.69 Å². The summed E-state index contributed by atoms with van der Waals surface area (Å²) in [5, 5.41) is 4.35. The Bertz CT molecular complexity index is 1040. The molecular weight excluding hydrogens is 378 g/mol. The monoisotopic (exact) mass is 403 g/mol. The van der Waals surface area contributed by atoms with Gasteiger partial charge in [0.05, 0.1) is 30.0 Å². The van der Waals surface area contributed by atoms with Gasteiger partial charge in [0.15, 0.2) is 6.61 Å². The summed E-state index contributed by atoms with van der Waals surface area (Å²) in [6.45, 7) is 4.00. The third kappa shape index (κ3) is 4.13. The summed E-state index contributed by atoms with van der Waals surface area (Å²) in [7, 11) is 0. The Morgan fingerprint density at radius 1 is 0.967 bits per heavy atom. The van der Waals surface area contributed by atoms with Gasteiger partial charge in [-0.1, -0.05) is 36.4 Å². The number of aryl methyl sites for hydroxylation is 5. The van der Waals surface area contributed by atoms with E-state index in [1.165, 1.54) is 0 Å². The summed E-state index contributed by atoms with van der Waals surface area (Å²) in [5.74, 6) is -0.663. The average Bonchev–Trinajstić information content (AvgIpc) is 2.97. The van der Waals surface area contributed by atoms with Gasteiger partial charge in [0.25, 0.3) is 5.91 Å². The SMILES string of the molecule is Cc1cc(C)n(CCC(=O)OCC(=O)N2c3ccccc3CCc3ccccc32)n1. The largest absolute Gasteiger partial charge is 0.455 e. The maximum absolute atomic E-state index is 13.1. The van der Waals surface area contributed by atoms with Crippen LogP contribution in [0, 0.1) is 13.8 Å². The molecule has 6 heteroatoms. The molecule has 1 aromatic heterocycles. The number of para-hydroxylation sites is 2. The Morgan fingerprint density at radius 2 is 1.57 bits per heavy atom. The van der Waals surface area contributed by atoms with Crippen molar-refractivity contribution in [1.82, 2.24) is 9.78 Å². The van der Waals surface area contributed by atoms with E-state index in [2.05, 4.69) is 5.10 Å². The molecule has 4 rings (SSSR count). The molecule has 1 amide bonds. The van der Waals surface area contributed by atoms with Crippen molar-refractivity contribution in [3.8, 4) is 0 Å². The van der Waals surface area contributed by atoms with Crippen molar-refractivity contribution in [1.29, 1.82) is 0 Å². The highest BCUT2D eigenvalue weighted by atomic mass is 16.5. The first-order valence-electron chi connectivity index (χ1n) is 10.2. The van der Waals surface area contributed by atoms with E-state index in [0.29, 0.717) is 6.54 Å². The fourth-order valence-electron chi connectivity index (χ4n) is 3.93. The number of aromatic nitrogens is 2. The molecule has 1 aliphatic rings. The topological polar surface area (TPSA) is 64.4 Å². The number of carbonyl (C=O) groups excluding carboxylic acids is 2. The third-order valence-corrected chi connectivity index (χ3v) is 5.37. The number of benzene rings is 2. The van der Waals surface area contributed by atoms with Gasteiger partial charge in [-0.05, 0) is 56.0 Å². The van der Waals surface area contributed by atoms with Crippen LogP contribution in [0.4, 0.5) is 11.4 Å². The molecule has 0 bridgehead atoms. The van der Waals surface area contributed by atoms with Crippen molar-refractivity contribution in [3.63, 3.8) is 0 Å². The fourth-order valence-corrected chi connectivity index (χ4v) is 3.93. The number of nitrogens with zero attached hydrogens (tertiary/aromatic N) is 3. The molecule has 2 aromatic carbocycles. The van der Waals surface area contributed by atoms with Gasteiger partial charge >= 0.3 is 5.97 Å². The highest BCUT2D eigenvalue weighted by molar-refractivity contribution is 6.03. The lowest BCUT2D eigenvalue weighted by Gasteiger charge is -2.24. The zero-order chi connectivity index (χ0) is 21.1. The van der Waals surface area contributed by atoms with E-state index < -0.39 is 5.97 Å². The molecule has 0 spiro atoms. The molecule has 3 aromatic rings. The van der Waals surface area contributed by atoms with Gasteiger partial charge < -0.3 is 4.74 Å². The number of hydrogen-bond donors (Lipinski definition) is 0. The van der Waals surface area contributed by atoms with Crippen LogP contribution in [0.15, 0.2) is 54.6 Å². The average molecular weight is 403 g/mol. The van der Waals surface area contributed by atoms with Crippen molar-refractivity contribution in [2.24, 2.45) is 0 Å². The maximum atomic E-state index is 13.1. The molecule has 0 atom stereocenters. The van der Waals surface area contributed by atoms with Crippen LogP contribution in [0.2, 0.25) is 0 Å². The van der Waals surface area contributed by atoms with E-state index >= 15 is 0 Å². The molecule has 0 fully saturated rings. The van der Waals surface area contributed by atoms with Crippen molar-refractivity contribution in [2.75, 3.05) is 11.5 Å². The predicted molar refractivity (Wildman–Crippen MR) is 115 cm³/mol. The van der Waals surface area contributed by atoms with Crippen LogP contribution in [-0.2, 0) is 33.7 Å². The van der Waals surface area contributed by atoms with Crippen molar-refractivity contribution in [3.05, 3.63) is 77.1 Å². The van der Waals surface area contributed by atoms with Gasteiger partial charge in [0.2, 0.25) is 0 Å². The molecule has 1 aliphatic heterocycles. The van der Waals surface area contributed by atoms with E-state index in [0.717, 1.165) is 46.7 Å². The minimum Gasteiger partial charge on any atom is -0.455 e. The Balaban J connectivity index is 1.46. The Kier molecular flexibility index (Phi) is 5.65. The molecule has 2 heterocycles. The van der Waals surface area contributed by atoms with Gasteiger partial charge in [-0.25, -0.2) is 0 Å². The molecule has 0 radical (unpaired) electrons. The maximum Gasteiger partial charge on any atom is 0.308 e. The summed E-state index contributed by atoms with van der Waals surface area (Å²) >= 11 is 0. The zero-order valence-electron chi connectivity index (χ0n) is 17.3. The number of carbonyl (C=O) groups is 2. The molecule has 0 saturated carbocycles. The van der Waals surface area contributed by atoms with Gasteiger partial charge in [-0.3, -0.25) is 19.2 Å². The number of hydrogen-bond acceptors (Lipinski definition) is 4. The summed E-state index contributed by atoms with van der Waals surface area (Å²) in [6.07, 6.45) is 1.89. The van der Waals surface area contributed by atoms with E-state index in [1.54, 1.807) is 9.58 Å². The number of fused-ring (bicyclic) bond motifs is 2. The second-order valence-corrected chi connectivity index (χ2v) is 7.55. The normalized spacial score (nSPS) is 12.7. The second-order valence-electron chi connectivity index (χ2n) is 7.55. The Labute approximate surface area is 176 Å². The first kappa shape index (κ1) is 19.9. The molecule has 0 unspecified atom stereocenters. The summed E-state index contributed by atoms with van der Waals surface area (Å²) in [5.41, 5.74) is 5.83. The van der Waals surface area contributed by atoms with Crippen LogP contribution >= 0.6 is 0 Å². The number of rotatable bonds is 5. The lowest BCUT2D eigenvalue weighted by atomic mass is 10.0. The second kappa shape index (κ2) is 8.53. The summed E-state index contributed by atoms with van der Waals surface area (Å²) in [4.78, 5) is 27.1. The minimum atomic E-state index is -0.410. The predicted octanol–water partition coefficient (Wildman–Crippen LogP) is 3.90. The van der Waals surface area contributed by atoms with Crippen LogP contribution in [0.3, 0.4) is 0 Å². The van der Waals surface area contributed by atoms with E-state index in [1.807, 2.05) is 68.4 Å². The fraction of sp³-hybridized carbons (Fsp3) is 0.292. The minimum absolute atomic E-state index is 0.169. The Hall–Kier alpha value is -3.41. The van der Waals surface area contributed by atoms with E-state index in [-0.39, 0.29) is 18.9 Å². The zero-order valence-corrected chi connectivity index (χ0v) is 17.3. The van der Waals surface area contributed by atoms with Crippen LogP contribution in [0.1, 0.15) is 28.9 Å². The molecule has 30 heavy (non-hydrogen) atoms. The first-order chi connectivity index (χ1) is 14.5. The van der Waals surface area contributed by atoms with Crippen molar-refractivity contribution < 1.29 is 14.3 Å². The van der Waals surface area contributed by atoms with Crippen LogP contribution < -0.4 is 4.90 Å². The van der Waals surface area contributed by atoms with Crippen LogP contribution in [0.25, 0.3) is 0 Å². The van der Waals surface area contributed by atoms with Crippen molar-refractivity contribution in [2.45, 2.75) is 39.7 Å². The van der Waals surface area contributed by atoms with Gasteiger partial charge in [0.1, 0.15) is 0 Å². The van der Waals surface area contributed by atoms with E-state index in [4.69, 9.17) is 4.74 Å². The summed E-state index contributed by atoms with van der Waals surface area (Å²) in [6, 6.07) is 17.8. The first-order valence-corrected chi connectivity index (χ1v) is 10.2. The van der Waals surface area contributed by atoms with Gasteiger partial charge in [-0.2, -0.15) is 5.10 Å². The molecule has 0 N–H and O–H groups in total. The molecular formula is C24H25N3O3. The third-order valence-electron chi connectivity index (χ3n) is 5.37. The Morgan fingerprint density at radius 3 is 2.13 bits per heavy atom. The molecule has 154 valence electrons. The number of ether oxygens (including phenoxy) is 1. The number of anilines is 2. The lowest BCUT2D eigenvalue weighted by molar-refractivity contribution is -0.147. The van der Waals surface area contributed by atoms with Crippen molar-refractivity contribution >= 4 is 23.3 Å².